The molecule has 0 radical (unpaired) electrons. The first-order chi connectivity index (χ1) is 8.04. The van der Waals surface area contributed by atoms with Gasteiger partial charge in [0.05, 0.1) is 23.4 Å². The van der Waals surface area contributed by atoms with E-state index in [2.05, 4.69) is 0 Å². The molecule has 0 aromatic carbocycles. The van der Waals surface area contributed by atoms with Gasteiger partial charge in [-0.3, -0.25) is 0 Å². The van der Waals surface area contributed by atoms with Gasteiger partial charge in [-0.15, -0.1) is 0 Å². The zero-order chi connectivity index (χ0) is 13.8. The van der Waals surface area contributed by atoms with Gasteiger partial charge in [0, 0.05) is 6.42 Å². The lowest BCUT2D eigenvalue weighted by molar-refractivity contribution is 0.00578. The van der Waals surface area contributed by atoms with Crippen molar-refractivity contribution in [2.24, 2.45) is 0 Å². The molecule has 0 aromatic rings. The molecule has 2 aliphatic heterocycles. The van der Waals surface area contributed by atoms with E-state index in [0.29, 0.717) is 18.6 Å². The number of halogens is 1. The SMILES string of the molecule is CC1(C)CC(=C(F)B2OC(C)(C)C(C)(C)O2)CO1. The topological polar surface area (TPSA) is 27.7 Å². The summed E-state index contributed by atoms with van der Waals surface area (Å²) in [4.78, 5) is 0. The van der Waals surface area contributed by atoms with Crippen LogP contribution in [-0.4, -0.2) is 30.5 Å². The van der Waals surface area contributed by atoms with Crippen LogP contribution in [-0.2, 0) is 14.0 Å². The molecule has 0 atom stereocenters. The van der Waals surface area contributed by atoms with Crippen molar-refractivity contribution in [3.8, 4) is 0 Å². The molecule has 0 aromatic heterocycles. The van der Waals surface area contributed by atoms with Gasteiger partial charge in [0.25, 0.3) is 0 Å². The molecule has 0 N–H and O–H groups in total. The molecule has 2 heterocycles. The summed E-state index contributed by atoms with van der Waals surface area (Å²) in [7, 11) is -0.900. The van der Waals surface area contributed by atoms with Crippen LogP contribution in [0.4, 0.5) is 4.39 Å². The summed E-state index contributed by atoms with van der Waals surface area (Å²) in [6.07, 6.45) is 0.586. The van der Waals surface area contributed by atoms with E-state index in [-0.39, 0.29) is 11.3 Å². The summed E-state index contributed by atoms with van der Waals surface area (Å²) in [6, 6.07) is 0. The highest BCUT2D eigenvalue weighted by atomic mass is 19.1. The van der Waals surface area contributed by atoms with E-state index >= 15 is 0 Å². The first-order valence-corrected chi connectivity index (χ1v) is 6.41. The molecular formula is C13H22BFO3. The Balaban J connectivity index is 2.18. The van der Waals surface area contributed by atoms with Crippen molar-refractivity contribution in [2.45, 2.75) is 64.8 Å². The van der Waals surface area contributed by atoms with Crippen LogP contribution >= 0.6 is 0 Å². The van der Waals surface area contributed by atoms with E-state index in [4.69, 9.17) is 14.0 Å². The van der Waals surface area contributed by atoms with E-state index in [9.17, 15) is 4.39 Å². The Morgan fingerprint density at radius 3 is 1.94 bits per heavy atom. The molecule has 3 nitrogen and oxygen atoms in total. The van der Waals surface area contributed by atoms with E-state index < -0.39 is 18.3 Å². The second-order valence-electron chi connectivity index (χ2n) is 6.76. The van der Waals surface area contributed by atoms with Gasteiger partial charge in [0.1, 0.15) is 5.73 Å². The van der Waals surface area contributed by atoms with Crippen LogP contribution in [0.15, 0.2) is 11.3 Å². The van der Waals surface area contributed by atoms with Crippen molar-refractivity contribution in [3.63, 3.8) is 0 Å². The summed E-state index contributed by atoms with van der Waals surface area (Å²) < 4.78 is 31.3. The molecule has 102 valence electrons. The Kier molecular flexibility index (Phi) is 3.16. The predicted molar refractivity (Wildman–Crippen MR) is 68.9 cm³/mol. The van der Waals surface area contributed by atoms with Gasteiger partial charge >= 0.3 is 7.12 Å². The van der Waals surface area contributed by atoms with Gasteiger partial charge in [0.15, 0.2) is 0 Å². The van der Waals surface area contributed by atoms with Crippen LogP contribution in [0.1, 0.15) is 48.0 Å². The fourth-order valence-electron chi connectivity index (χ4n) is 2.17. The van der Waals surface area contributed by atoms with Gasteiger partial charge in [-0.25, -0.2) is 4.39 Å². The minimum absolute atomic E-state index is 0.295. The summed E-state index contributed by atoms with van der Waals surface area (Å²) in [5.74, 6) is 0. The lowest BCUT2D eigenvalue weighted by Crippen LogP contribution is -2.41. The maximum Gasteiger partial charge on any atom is 0.525 e. The van der Waals surface area contributed by atoms with Gasteiger partial charge in [-0.1, -0.05) is 0 Å². The summed E-state index contributed by atoms with van der Waals surface area (Å²) in [5.41, 5.74) is -0.983. The Labute approximate surface area is 109 Å². The maximum atomic E-state index is 14.4. The third-order valence-electron chi connectivity index (χ3n) is 4.07. The Hall–Kier alpha value is -0.385. The highest BCUT2D eigenvalue weighted by Crippen LogP contribution is 2.41. The molecule has 0 bridgehead atoms. The maximum absolute atomic E-state index is 14.4. The molecule has 0 aliphatic carbocycles. The average molecular weight is 256 g/mol. The van der Waals surface area contributed by atoms with E-state index in [1.165, 1.54) is 0 Å². The van der Waals surface area contributed by atoms with E-state index in [1.54, 1.807) is 0 Å². The highest BCUT2D eigenvalue weighted by Gasteiger charge is 2.54. The van der Waals surface area contributed by atoms with Crippen molar-refractivity contribution < 1.29 is 18.4 Å². The molecule has 0 amide bonds. The summed E-state index contributed by atoms with van der Waals surface area (Å²) in [6.45, 7) is 11.9. The molecule has 0 unspecified atom stereocenters. The van der Waals surface area contributed by atoms with Crippen LogP contribution in [0.5, 0.6) is 0 Å². The van der Waals surface area contributed by atoms with Crippen molar-refractivity contribution in [1.82, 2.24) is 0 Å². The second kappa shape index (κ2) is 4.05. The minimum Gasteiger partial charge on any atom is -0.398 e. The van der Waals surface area contributed by atoms with E-state index in [1.807, 2.05) is 41.5 Å². The van der Waals surface area contributed by atoms with Gasteiger partial charge in [-0.2, -0.15) is 0 Å². The highest BCUT2D eigenvalue weighted by molar-refractivity contribution is 6.53. The van der Waals surface area contributed by atoms with Gasteiger partial charge in [0.2, 0.25) is 0 Å². The molecule has 5 heteroatoms. The number of ether oxygens (including phenoxy) is 1. The molecule has 0 saturated carbocycles. The first-order valence-electron chi connectivity index (χ1n) is 6.41. The van der Waals surface area contributed by atoms with E-state index in [0.717, 1.165) is 0 Å². The van der Waals surface area contributed by atoms with Gasteiger partial charge < -0.3 is 14.0 Å². The molecule has 2 rings (SSSR count). The molecular weight excluding hydrogens is 234 g/mol. The fourth-order valence-corrected chi connectivity index (χ4v) is 2.17. The third-order valence-corrected chi connectivity index (χ3v) is 4.07. The standard InChI is InChI=1S/C13H22BFO3/c1-11(2)7-9(8-16-11)10(15)14-17-12(3,4)13(5,6)18-14/h7-8H2,1-6H3. The average Bonchev–Trinajstić information content (AvgIpc) is 2.64. The fraction of sp³-hybridized carbons (Fsp3) is 0.846. The Morgan fingerprint density at radius 2 is 1.56 bits per heavy atom. The quantitative estimate of drug-likeness (QED) is 0.675. The monoisotopic (exact) mass is 256 g/mol. The van der Waals surface area contributed by atoms with Crippen molar-refractivity contribution in [1.29, 1.82) is 0 Å². The molecule has 2 aliphatic rings. The molecule has 18 heavy (non-hydrogen) atoms. The second-order valence-corrected chi connectivity index (χ2v) is 6.76. The predicted octanol–water partition coefficient (Wildman–Crippen LogP) is 3.04. The zero-order valence-corrected chi connectivity index (χ0v) is 12.1. The smallest absolute Gasteiger partial charge is 0.398 e. The molecule has 0 spiro atoms. The van der Waals surface area contributed by atoms with Crippen molar-refractivity contribution >= 4 is 7.12 Å². The van der Waals surface area contributed by atoms with Crippen LogP contribution in [0.2, 0.25) is 0 Å². The van der Waals surface area contributed by atoms with Gasteiger partial charge in [-0.05, 0) is 47.1 Å². The first kappa shape index (κ1) is 14.0. The summed E-state index contributed by atoms with van der Waals surface area (Å²) >= 11 is 0. The Morgan fingerprint density at radius 1 is 1.06 bits per heavy atom. The van der Waals surface area contributed by atoms with Crippen LogP contribution < -0.4 is 0 Å². The number of hydrogen-bond donors (Lipinski definition) is 0. The Bertz CT molecular complexity index is 372. The zero-order valence-electron chi connectivity index (χ0n) is 12.1. The lowest BCUT2D eigenvalue weighted by atomic mass is 9.83. The summed E-state index contributed by atoms with van der Waals surface area (Å²) in [5, 5.41) is 0. The van der Waals surface area contributed by atoms with Crippen LogP contribution in [0, 0.1) is 0 Å². The molecule has 2 saturated heterocycles. The van der Waals surface area contributed by atoms with Crippen molar-refractivity contribution in [2.75, 3.05) is 6.61 Å². The number of rotatable bonds is 1. The third kappa shape index (κ3) is 2.36. The van der Waals surface area contributed by atoms with Crippen LogP contribution in [0.25, 0.3) is 0 Å². The minimum atomic E-state index is -0.900. The lowest BCUT2D eigenvalue weighted by Gasteiger charge is -2.32. The van der Waals surface area contributed by atoms with Crippen LogP contribution in [0.3, 0.4) is 0 Å². The molecule has 2 fully saturated rings. The largest absolute Gasteiger partial charge is 0.525 e. The normalized spacial score (nSPS) is 31.8. The van der Waals surface area contributed by atoms with Crippen molar-refractivity contribution in [3.05, 3.63) is 11.3 Å². The number of hydrogen-bond acceptors (Lipinski definition) is 3.